The van der Waals surface area contributed by atoms with Gasteiger partial charge in [-0.25, -0.2) is 4.79 Å². The zero-order chi connectivity index (χ0) is 19.0. The lowest BCUT2D eigenvalue weighted by atomic mass is 10.1. The molecule has 1 aromatic rings. The number of thiol groups is 1. The number of benzene rings is 1. The predicted molar refractivity (Wildman–Crippen MR) is 92.2 cm³/mol. The Morgan fingerprint density at radius 1 is 1.08 bits per heavy atom. The number of carboxylic acid groups (broad SMARTS) is 1. The second-order valence-corrected chi connectivity index (χ2v) is 5.67. The molecule has 0 spiro atoms. The van der Waals surface area contributed by atoms with Gasteiger partial charge in [0.2, 0.25) is 11.8 Å². The van der Waals surface area contributed by atoms with E-state index in [2.05, 4.69) is 23.3 Å². The number of carbonyl (C=O) groups excluding carboxylic acids is 2. The highest BCUT2D eigenvalue weighted by Gasteiger charge is 2.27. The Morgan fingerprint density at radius 2 is 1.64 bits per heavy atom. The van der Waals surface area contributed by atoms with Crippen molar-refractivity contribution >= 4 is 30.4 Å². The van der Waals surface area contributed by atoms with Crippen LogP contribution in [0.2, 0.25) is 0 Å². The van der Waals surface area contributed by atoms with Crippen LogP contribution in [-0.2, 0) is 20.8 Å². The molecule has 0 saturated heterocycles. The van der Waals surface area contributed by atoms with Crippen LogP contribution >= 0.6 is 12.6 Å². The predicted octanol–water partition coefficient (Wildman–Crippen LogP) is -1.76. The van der Waals surface area contributed by atoms with E-state index in [0.717, 1.165) is 0 Å². The molecule has 0 bridgehead atoms. The molecule has 3 unspecified atom stereocenters. The number of phenolic OH excluding ortho intramolecular Hbond substituents is 1. The maximum absolute atomic E-state index is 12.2. The standard InChI is InChI=1S/C15H21N3O6S/c16-10(6-19)13(21)18-12(7-25)14(22)17-11(15(23)24)5-8-1-3-9(20)4-2-8/h1-4,10-12,19-20,25H,5-7,16H2,(H,17,22)(H,18,21)(H,23,24). The van der Waals surface area contributed by atoms with Gasteiger partial charge in [0.15, 0.2) is 0 Å². The number of amides is 2. The fourth-order valence-electron chi connectivity index (χ4n) is 1.90. The van der Waals surface area contributed by atoms with Crippen LogP contribution in [0.1, 0.15) is 5.56 Å². The van der Waals surface area contributed by atoms with E-state index in [1.54, 1.807) is 0 Å². The van der Waals surface area contributed by atoms with Crippen LogP contribution in [0.25, 0.3) is 0 Å². The minimum atomic E-state index is -1.25. The van der Waals surface area contributed by atoms with Gasteiger partial charge >= 0.3 is 5.97 Å². The molecule has 0 radical (unpaired) electrons. The van der Waals surface area contributed by atoms with Crippen molar-refractivity contribution in [3.8, 4) is 5.75 Å². The molecule has 9 nitrogen and oxygen atoms in total. The first kappa shape index (κ1) is 20.7. The Labute approximate surface area is 149 Å². The minimum absolute atomic E-state index is 0.00918. The number of phenols is 1. The van der Waals surface area contributed by atoms with Gasteiger partial charge in [0.25, 0.3) is 0 Å². The van der Waals surface area contributed by atoms with E-state index in [0.29, 0.717) is 5.56 Å². The fourth-order valence-corrected chi connectivity index (χ4v) is 2.15. The van der Waals surface area contributed by atoms with Gasteiger partial charge in [-0.15, -0.1) is 0 Å². The first-order chi connectivity index (χ1) is 11.8. The smallest absolute Gasteiger partial charge is 0.326 e. The first-order valence-corrected chi connectivity index (χ1v) is 8.00. The van der Waals surface area contributed by atoms with Crippen LogP contribution in [0, 0.1) is 0 Å². The van der Waals surface area contributed by atoms with E-state index < -0.39 is 42.5 Å². The number of aliphatic hydroxyl groups excluding tert-OH is 1. The summed E-state index contributed by atoms with van der Waals surface area (Å²) in [6.45, 7) is -0.592. The van der Waals surface area contributed by atoms with Gasteiger partial charge in [-0.3, -0.25) is 9.59 Å². The molecule has 1 rings (SSSR count). The normalized spacial score (nSPS) is 14.2. The molecule has 0 saturated carbocycles. The molecular formula is C15H21N3O6S. The van der Waals surface area contributed by atoms with Crippen molar-refractivity contribution < 1.29 is 29.7 Å². The number of nitrogens with one attached hydrogen (secondary N) is 2. The second kappa shape index (κ2) is 9.87. The summed E-state index contributed by atoms with van der Waals surface area (Å²) in [6, 6.07) is 2.36. The topological polar surface area (TPSA) is 162 Å². The average molecular weight is 371 g/mol. The Bertz CT molecular complexity index is 610. The summed E-state index contributed by atoms with van der Waals surface area (Å²) in [7, 11) is 0. The summed E-state index contributed by atoms with van der Waals surface area (Å²) in [4.78, 5) is 35.2. The van der Waals surface area contributed by atoms with Crippen molar-refractivity contribution in [3.63, 3.8) is 0 Å². The van der Waals surface area contributed by atoms with Crippen LogP contribution in [0.4, 0.5) is 0 Å². The van der Waals surface area contributed by atoms with Gasteiger partial charge in [-0.2, -0.15) is 12.6 Å². The second-order valence-electron chi connectivity index (χ2n) is 5.30. The number of carbonyl (C=O) groups is 3. The highest BCUT2D eigenvalue weighted by Crippen LogP contribution is 2.11. The summed E-state index contributed by atoms with van der Waals surface area (Å²) in [5.41, 5.74) is 5.95. The molecule has 2 amide bonds. The molecule has 0 fully saturated rings. The number of rotatable bonds is 9. The largest absolute Gasteiger partial charge is 0.508 e. The molecule has 25 heavy (non-hydrogen) atoms. The van der Waals surface area contributed by atoms with E-state index in [4.69, 9.17) is 10.8 Å². The lowest BCUT2D eigenvalue weighted by molar-refractivity contribution is -0.142. The number of hydrogen-bond acceptors (Lipinski definition) is 7. The van der Waals surface area contributed by atoms with E-state index >= 15 is 0 Å². The van der Waals surface area contributed by atoms with Gasteiger partial charge in [0.05, 0.1) is 6.61 Å². The molecular weight excluding hydrogens is 350 g/mol. The zero-order valence-electron chi connectivity index (χ0n) is 13.3. The van der Waals surface area contributed by atoms with Crippen LogP contribution in [0.3, 0.4) is 0 Å². The zero-order valence-corrected chi connectivity index (χ0v) is 14.1. The van der Waals surface area contributed by atoms with Gasteiger partial charge in [0, 0.05) is 12.2 Å². The van der Waals surface area contributed by atoms with Gasteiger partial charge in [-0.05, 0) is 17.7 Å². The third kappa shape index (κ3) is 6.61. The van der Waals surface area contributed by atoms with Crippen molar-refractivity contribution in [2.24, 2.45) is 5.73 Å². The third-order valence-corrected chi connectivity index (χ3v) is 3.70. The Kier molecular flexibility index (Phi) is 8.19. The van der Waals surface area contributed by atoms with E-state index in [1.807, 2.05) is 0 Å². The number of aliphatic hydroxyl groups is 1. The summed E-state index contributed by atoms with van der Waals surface area (Å²) in [6.07, 6.45) is -0.00918. The summed E-state index contributed by atoms with van der Waals surface area (Å²) < 4.78 is 0. The number of hydrogen-bond donors (Lipinski definition) is 7. The Hall–Kier alpha value is -2.30. The molecule has 10 heteroatoms. The van der Waals surface area contributed by atoms with Crippen molar-refractivity contribution in [3.05, 3.63) is 29.8 Å². The van der Waals surface area contributed by atoms with Gasteiger partial charge in [-0.1, -0.05) is 12.1 Å². The van der Waals surface area contributed by atoms with Crippen molar-refractivity contribution in [2.75, 3.05) is 12.4 Å². The minimum Gasteiger partial charge on any atom is -0.508 e. The molecule has 138 valence electrons. The van der Waals surface area contributed by atoms with E-state index in [-0.39, 0.29) is 17.9 Å². The monoisotopic (exact) mass is 371 g/mol. The molecule has 0 aliphatic carbocycles. The van der Waals surface area contributed by atoms with E-state index in [1.165, 1.54) is 24.3 Å². The van der Waals surface area contributed by atoms with Crippen LogP contribution < -0.4 is 16.4 Å². The molecule has 0 aromatic heterocycles. The molecule has 3 atom stereocenters. The van der Waals surface area contributed by atoms with E-state index in [9.17, 15) is 24.6 Å². The molecule has 1 aromatic carbocycles. The summed E-state index contributed by atoms with van der Waals surface area (Å²) >= 11 is 3.96. The number of nitrogens with two attached hydrogens (primary N) is 1. The summed E-state index contributed by atoms with van der Waals surface area (Å²) in [5, 5.41) is 32.0. The highest BCUT2D eigenvalue weighted by atomic mass is 32.1. The van der Waals surface area contributed by atoms with Crippen LogP contribution in [0.5, 0.6) is 5.75 Å². The Balaban J connectivity index is 2.75. The average Bonchev–Trinajstić information content (AvgIpc) is 2.59. The van der Waals surface area contributed by atoms with Gasteiger partial charge in [0.1, 0.15) is 23.9 Å². The molecule has 7 N–H and O–H groups in total. The quantitative estimate of drug-likeness (QED) is 0.253. The number of aromatic hydroxyl groups is 1. The van der Waals surface area contributed by atoms with Crippen molar-refractivity contribution in [1.82, 2.24) is 10.6 Å². The Morgan fingerprint density at radius 3 is 2.12 bits per heavy atom. The molecule has 0 aliphatic rings. The van der Waals surface area contributed by atoms with Crippen LogP contribution in [-0.4, -0.2) is 63.6 Å². The third-order valence-electron chi connectivity index (χ3n) is 3.34. The van der Waals surface area contributed by atoms with Crippen molar-refractivity contribution in [2.45, 2.75) is 24.5 Å². The summed E-state index contributed by atoms with van der Waals surface area (Å²) in [5.74, 6) is -2.78. The highest BCUT2D eigenvalue weighted by molar-refractivity contribution is 7.80. The maximum Gasteiger partial charge on any atom is 0.326 e. The molecule has 0 aliphatic heterocycles. The first-order valence-electron chi connectivity index (χ1n) is 7.37. The fraction of sp³-hybridized carbons (Fsp3) is 0.400. The van der Waals surface area contributed by atoms with Crippen molar-refractivity contribution in [1.29, 1.82) is 0 Å². The lowest BCUT2D eigenvalue weighted by Crippen LogP contribution is -2.56. The number of carboxylic acids is 1. The maximum atomic E-state index is 12.2. The molecule has 0 heterocycles. The SMILES string of the molecule is NC(CO)C(=O)NC(CS)C(=O)NC(Cc1ccc(O)cc1)C(=O)O. The van der Waals surface area contributed by atoms with Crippen LogP contribution in [0.15, 0.2) is 24.3 Å². The number of aliphatic carboxylic acids is 1. The van der Waals surface area contributed by atoms with Gasteiger partial charge < -0.3 is 31.7 Å². The lowest BCUT2D eigenvalue weighted by Gasteiger charge is -2.21.